The maximum absolute atomic E-state index is 5.58. The molecule has 0 saturated heterocycles. The highest BCUT2D eigenvalue weighted by molar-refractivity contribution is 7.99. The lowest BCUT2D eigenvalue weighted by Crippen LogP contribution is -2.23. The summed E-state index contributed by atoms with van der Waals surface area (Å²) in [5, 5.41) is 4.68. The summed E-state index contributed by atoms with van der Waals surface area (Å²) < 4.78 is 16.7. The molecule has 0 unspecified atom stereocenters. The average Bonchev–Trinajstić information content (AvgIpc) is 3.20. The standard InChI is InChI=1S/C23H25NO3S2/c1-25-19-12-17(13-20(26-2)23(19)27-3)21-8-10-24(14-16-9-11-28-15-16)18-6-4-5-7-22(18)29-21/h4-7,9,11-13,15,21H,8,10,14H2,1-3H3/t21-/m1/s1. The summed E-state index contributed by atoms with van der Waals surface area (Å²) in [7, 11) is 4.97. The monoisotopic (exact) mass is 427 g/mol. The molecule has 0 saturated carbocycles. The SMILES string of the molecule is COc1cc([C@H]2CCN(Cc3ccsc3)c3ccccc3S2)cc(OC)c1OC. The number of fused-ring (bicyclic) bond motifs is 1. The molecule has 0 spiro atoms. The van der Waals surface area contributed by atoms with E-state index in [2.05, 4.69) is 58.1 Å². The van der Waals surface area contributed by atoms with Crippen LogP contribution in [-0.2, 0) is 6.54 Å². The van der Waals surface area contributed by atoms with Crippen molar-refractivity contribution in [2.75, 3.05) is 32.8 Å². The summed E-state index contributed by atoms with van der Waals surface area (Å²) in [5.41, 5.74) is 3.86. The molecule has 29 heavy (non-hydrogen) atoms. The topological polar surface area (TPSA) is 30.9 Å². The van der Waals surface area contributed by atoms with Gasteiger partial charge in [-0.25, -0.2) is 0 Å². The molecular weight excluding hydrogens is 402 g/mol. The van der Waals surface area contributed by atoms with Crippen LogP contribution in [0.3, 0.4) is 0 Å². The van der Waals surface area contributed by atoms with E-state index in [1.54, 1.807) is 32.7 Å². The van der Waals surface area contributed by atoms with Crippen LogP contribution in [0.2, 0.25) is 0 Å². The second-order valence-electron chi connectivity index (χ2n) is 6.87. The van der Waals surface area contributed by atoms with Crippen molar-refractivity contribution in [2.45, 2.75) is 23.1 Å². The Kier molecular flexibility index (Phi) is 6.21. The van der Waals surface area contributed by atoms with Crippen molar-refractivity contribution in [3.8, 4) is 17.2 Å². The lowest BCUT2D eigenvalue weighted by atomic mass is 10.1. The summed E-state index contributed by atoms with van der Waals surface area (Å²) in [5.74, 6) is 2.04. The third-order valence-corrected chi connectivity index (χ3v) is 7.27. The summed E-state index contributed by atoms with van der Waals surface area (Å²) >= 11 is 3.66. The zero-order valence-corrected chi connectivity index (χ0v) is 18.5. The van der Waals surface area contributed by atoms with Gasteiger partial charge in [0.2, 0.25) is 5.75 Å². The van der Waals surface area contributed by atoms with Crippen molar-refractivity contribution in [1.29, 1.82) is 0 Å². The second kappa shape index (κ2) is 9.01. The number of hydrogen-bond acceptors (Lipinski definition) is 6. The molecule has 1 aromatic heterocycles. The van der Waals surface area contributed by atoms with E-state index in [-0.39, 0.29) is 0 Å². The van der Waals surface area contributed by atoms with Crippen molar-refractivity contribution in [3.05, 3.63) is 64.4 Å². The van der Waals surface area contributed by atoms with Crippen LogP contribution in [0.4, 0.5) is 5.69 Å². The van der Waals surface area contributed by atoms with E-state index in [4.69, 9.17) is 14.2 Å². The molecule has 4 rings (SSSR count). The van der Waals surface area contributed by atoms with Crippen LogP contribution in [-0.4, -0.2) is 27.9 Å². The largest absolute Gasteiger partial charge is 0.493 e. The van der Waals surface area contributed by atoms with Gasteiger partial charge >= 0.3 is 0 Å². The van der Waals surface area contributed by atoms with Gasteiger partial charge in [-0.15, -0.1) is 11.8 Å². The Morgan fingerprint density at radius 1 is 1.00 bits per heavy atom. The molecule has 0 fully saturated rings. The van der Waals surface area contributed by atoms with Crippen LogP contribution in [0.5, 0.6) is 17.2 Å². The van der Waals surface area contributed by atoms with Gasteiger partial charge in [0.05, 0.1) is 27.0 Å². The fraction of sp³-hybridized carbons (Fsp3) is 0.304. The zero-order valence-electron chi connectivity index (χ0n) is 16.9. The number of methoxy groups -OCH3 is 3. The molecule has 0 radical (unpaired) electrons. The quantitative estimate of drug-likeness (QED) is 0.480. The van der Waals surface area contributed by atoms with Crippen molar-refractivity contribution in [1.82, 2.24) is 0 Å². The normalized spacial score (nSPS) is 16.1. The third-order valence-electron chi connectivity index (χ3n) is 5.15. The molecule has 3 aromatic rings. The fourth-order valence-corrected chi connectivity index (χ4v) is 5.65. The van der Waals surface area contributed by atoms with E-state index in [0.717, 1.165) is 19.5 Å². The maximum atomic E-state index is 5.58. The van der Waals surface area contributed by atoms with Gasteiger partial charge in [-0.3, -0.25) is 0 Å². The molecular formula is C23H25NO3S2. The summed E-state index contributed by atoms with van der Waals surface area (Å²) in [6, 6.07) is 15.1. The average molecular weight is 428 g/mol. The van der Waals surface area contributed by atoms with Crippen molar-refractivity contribution >= 4 is 28.8 Å². The highest BCUT2D eigenvalue weighted by Crippen LogP contribution is 2.48. The zero-order chi connectivity index (χ0) is 20.2. The first-order valence-electron chi connectivity index (χ1n) is 9.55. The third kappa shape index (κ3) is 4.19. The van der Waals surface area contributed by atoms with Gasteiger partial charge < -0.3 is 19.1 Å². The van der Waals surface area contributed by atoms with Crippen LogP contribution in [0.15, 0.2) is 58.1 Å². The molecule has 2 heterocycles. The minimum atomic E-state index is 0.303. The Balaban J connectivity index is 1.68. The molecule has 4 nitrogen and oxygen atoms in total. The number of ether oxygens (including phenoxy) is 3. The molecule has 1 aliphatic heterocycles. The Hall–Kier alpha value is -2.31. The molecule has 0 aliphatic carbocycles. The minimum absolute atomic E-state index is 0.303. The fourth-order valence-electron chi connectivity index (χ4n) is 3.71. The number of hydrogen-bond donors (Lipinski definition) is 0. The van der Waals surface area contributed by atoms with E-state index in [0.29, 0.717) is 22.5 Å². The number of anilines is 1. The molecule has 0 bridgehead atoms. The molecule has 2 aromatic carbocycles. The van der Waals surface area contributed by atoms with Crippen LogP contribution < -0.4 is 19.1 Å². The van der Waals surface area contributed by atoms with Gasteiger partial charge in [0.25, 0.3) is 0 Å². The van der Waals surface area contributed by atoms with Crippen molar-refractivity contribution < 1.29 is 14.2 Å². The summed E-state index contributed by atoms with van der Waals surface area (Å²) in [6.07, 6.45) is 1.03. The van der Waals surface area contributed by atoms with Crippen LogP contribution in [0, 0.1) is 0 Å². The number of thioether (sulfide) groups is 1. The molecule has 6 heteroatoms. The van der Waals surface area contributed by atoms with Gasteiger partial charge in [-0.1, -0.05) is 12.1 Å². The first kappa shape index (κ1) is 20.0. The smallest absolute Gasteiger partial charge is 0.203 e. The van der Waals surface area contributed by atoms with Crippen molar-refractivity contribution in [2.24, 2.45) is 0 Å². The molecule has 0 amide bonds. The number of rotatable bonds is 6. The number of thiophene rings is 1. The first-order chi connectivity index (χ1) is 14.2. The lowest BCUT2D eigenvalue weighted by Gasteiger charge is -2.24. The molecule has 0 N–H and O–H groups in total. The van der Waals surface area contributed by atoms with Gasteiger partial charge in [0, 0.05) is 23.2 Å². The Bertz CT molecular complexity index is 934. The van der Waals surface area contributed by atoms with Crippen LogP contribution in [0.25, 0.3) is 0 Å². The second-order valence-corrected chi connectivity index (χ2v) is 8.90. The highest BCUT2D eigenvalue weighted by Gasteiger charge is 2.25. The molecule has 1 aliphatic rings. The number of benzene rings is 2. The number of para-hydroxylation sites is 1. The Morgan fingerprint density at radius 2 is 1.76 bits per heavy atom. The highest BCUT2D eigenvalue weighted by atomic mass is 32.2. The van der Waals surface area contributed by atoms with E-state index in [9.17, 15) is 0 Å². The Morgan fingerprint density at radius 3 is 2.41 bits per heavy atom. The summed E-state index contributed by atoms with van der Waals surface area (Å²) in [4.78, 5) is 3.79. The van der Waals surface area contributed by atoms with E-state index in [1.807, 2.05) is 11.8 Å². The molecule has 1 atom stereocenters. The van der Waals surface area contributed by atoms with Gasteiger partial charge in [0.15, 0.2) is 11.5 Å². The summed E-state index contributed by atoms with van der Waals surface area (Å²) in [6.45, 7) is 1.92. The predicted octanol–water partition coefficient (Wildman–Crippen LogP) is 6.02. The van der Waals surface area contributed by atoms with Crippen molar-refractivity contribution in [3.63, 3.8) is 0 Å². The Labute approximate surface area is 180 Å². The first-order valence-corrected chi connectivity index (χ1v) is 11.4. The van der Waals surface area contributed by atoms with Gasteiger partial charge in [-0.05, 0) is 58.6 Å². The predicted molar refractivity (Wildman–Crippen MR) is 121 cm³/mol. The number of nitrogens with zero attached hydrogens (tertiary/aromatic N) is 1. The van der Waals surface area contributed by atoms with Gasteiger partial charge in [0.1, 0.15) is 0 Å². The lowest BCUT2D eigenvalue weighted by molar-refractivity contribution is 0.323. The maximum Gasteiger partial charge on any atom is 0.203 e. The minimum Gasteiger partial charge on any atom is -0.493 e. The van der Waals surface area contributed by atoms with E-state index < -0.39 is 0 Å². The van der Waals surface area contributed by atoms with Gasteiger partial charge in [-0.2, -0.15) is 11.3 Å². The van der Waals surface area contributed by atoms with E-state index in [1.165, 1.54) is 21.7 Å². The molecule has 152 valence electrons. The van der Waals surface area contributed by atoms with Crippen LogP contribution in [0.1, 0.15) is 22.8 Å². The van der Waals surface area contributed by atoms with Crippen LogP contribution >= 0.6 is 23.1 Å². The van der Waals surface area contributed by atoms with E-state index >= 15 is 0 Å².